The van der Waals surface area contributed by atoms with Crippen molar-refractivity contribution in [2.45, 2.75) is 0 Å². The Hall–Kier alpha value is -1.57. The van der Waals surface area contributed by atoms with Crippen molar-refractivity contribution in [1.29, 1.82) is 5.26 Å². The molecule has 86 valence electrons. The molecule has 1 aromatic carbocycles. The molecular weight excluding hydrogens is 254 g/mol. The molecule has 0 aliphatic rings. The lowest BCUT2D eigenvalue weighted by Gasteiger charge is -2.11. The van der Waals surface area contributed by atoms with E-state index in [1.54, 1.807) is 0 Å². The maximum Gasteiger partial charge on any atom is 0.170 e. The van der Waals surface area contributed by atoms with E-state index in [0.717, 1.165) is 16.3 Å². The maximum atomic E-state index is 8.80. The van der Waals surface area contributed by atoms with Gasteiger partial charge < -0.3 is 4.90 Å². The molecule has 0 fully saturated rings. The van der Waals surface area contributed by atoms with Crippen molar-refractivity contribution in [3.63, 3.8) is 0 Å². The van der Waals surface area contributed by atoms with Gasteiger partial charge in [-0.25, -0.2) is 4.98 Å². The highest BCUT2D eigenvalue weighted by atomic mass is 35.5. The molecule has 1 heterocycles. The van der Waals surface area contributed by atoms with Crippen LogP contribution in [0.1, 0.15) is 5.69 Å². The predicted molar refractivity (Wildman–Crippen MR) is 71.6 cm³/mol. The number of anilines is 1. The second-order valence-corrected chi connectivity index (χ2v) is 5.30. The number of hydrogen-bond donors (Lipinski definition) is 0. The standard InChI is InChI=1S/C12H10ClN3S/c1-16(2)9-5-3-8(4-6-9)12-15-10(7-14)11(13)17-12/h3-6H,1-2H3. The fourth-order valence-electron chi connectivity index (χ4n) is 1.40. The first kappa shape index (κ1) is 11.9. The van der Waals surface area contributed by atoms with Gasteiger partial charge in [0.05, 0.1) is 0 Å². The monoisotopic (exact) mass is 263 g/mol. The molecule has 5 heteroatoms. The zero-order valence-electron chi connectivity index (χ0n) is 9.44. The first-order valence-electron chi connectivity index (χ1n) is 4.96. The quantitative estimate of drug-likeness (QED) is 0.834. The minimum absolute atomic E-state index is 0.295. The highest BCUT2D eigenvalue weighted by Crippen LogP contribution is 2.31. The number of benzene rings is 1. The summed E-state index contributed by atoms with van der Waals surface area (Å²) in [7, 11) is 3.98. The number of hydrogen-bond acceptors (Lipinski definition) is 4. The predicted octanol–water partition coefficient (Wildman–Crippen LogP) is 3.40. The van der Waals surface area contributed by atoms with Crippen molar-refractivity contribution in [1.82, 2.24) is 4.98 Å². The molecule has 2 aromatic rings. The first-order valence-corrected chi connectivity index (χ1v) is 6.15. The topological polar surface area (TPSA) is 39.9 Å². The molecule has 0 spiro atoms. The Balaban J connectivity index is 2.37. The van der Waals surface area contributed by atoms with Gasteiger partial charge in [0.1, 0.15) is 15.4 Å². The van der Waals surface area contributed by atoms with Crippen LogP contribution in [-0.2, 0) is 0 Å². The maximum absolute atomic E-state index is 8.80. The lowest BCUT2D eigenvalue weighted by atomic mass is 10.2. The molecule has 0 amide bonds. The molecule has 0 unspecified atom stereocenters. The molecular formula is C12H10ClN3S. The van der Waals surface area contributed by atoms with Gasteiger partial charge in [-0.3, -0.25) is 0 Å². The van der Waals surface area contributed by atoms with Gasteiger partial charge in [0, 0.05) is 25.3 Å². The number of thiazole rings is 1. The summed E-state index contributed by atoms with van der Waals surface area (Å²) in [5, 5.41) is 9.57. The van der Waals surface area contributed by atoms with E-state index >= 15 is 0 Å². The van der Waals surface area contributed by atoms with E-state index in [1.165, 1.54) is 11.3 Å². The third-order valence-electron chi connectivity index (χ3n) is 2.32. The van der Waals surface area contributed by atoms with Gasteiger partial charge in [-0.15, -0.1) is 11.3 Å². The summed E-state index contributed by atoms with van der Waals surface area (Å²) in [6, 6.07) is 9.95. The van der Waals surface area contributed by atoms with Gasteiger partial charge in [-0.2, -0.15) is 5.26 Å². The third-order valence-corrected chi connectivity index (χ3v) is 3.63. The van der Waals surface area contributed by atoms with Crippen LogP contribution in [0.5, 0.6) is 0 Å². The molecule has 0 saturated carbocycles. The third kappa shape index (κ3) is 2.41. The van der Waals surface area contributed by atoms with Crippen molar-refractivity contribution in [3.05, 3.63) is 34.3 Å². The Kier molecular flexibility index (Phi) is 3.32. The van der Waals surface area contributed by atoms with Crippen LogP contribution >= 0.6 is 22.9 Å². The molecule has 0 radical (unpaired) electrons. The molecule has 0 aliphatic heterocycles. The van der Waals surface area contributed by atoms with Crippen molar-refractivity contribution in [2.24, 2.45) is 0 Å². The van der Waals surface area contributed by atoms with E-state index in [0.29, 0.717) is 10.0 Å². The van der Waals surface area contributed by atoms with Gasteiger partial charge >= 0.3 is 0 Å². The summed E-state index contributed by atoms with van der Waals surface area (Å²) in [5.74, 6) is 0. The zero-order valence-corrected chi connectivity index (χ0v) is 11.0. The van der Waals surface area contributed by atoms with Gasteiger partial charge in [0.2, 0.25) is 0 Å². The Morgan fingerprint density at radius 1 is 1.29 bits per heavy atom. The minimum Gasteiger partial charge on any atom is -0.378 e. The lowest BCUT2D eigenvalue weighted by molar-refractivity contribution is 1.13. The average molecular weight is 264 g/mol. The number of rotatable bonds is 2. The van der Waals surface area contributed by atoms with Crippen LogP contribution in [0, 0.1) is 11.3 Å². The molecule has 0 atom stereocenters. The van der Waals surface area contributed by atoms with E-state index in [9.17, 15) is 0 Å². The van der Waals surface area contributed by atoms with E-state index in [4.69, 9.17) is 16.9 Å². The molecule has 3 nitrogen and oxygen atoms in total. The SMILES string of the molecule is CN(C)c1ccc(-c2nc(C#N)c(Cl)s2)cc1. The summed E-state index contributed by atoms with van der Waals surface area (Å²) in [6.07, 6.45) is 0. The fourth-order valence-corrected chi connectivity index (χ4v) is 2.45. The Labute approximate surface area is 109 Å². The van der Waals surface area contributed by atoms with Crippen LogP contribution in [0.2, 0.25) is 4.34 Å². The van der Waals surface area contributed by atoms with Crippen LogP contribution in [0.25, 0.3) is 10.6 Å². The van der Waals surface area contributed by atoms with Gasteiger partial charge in [0.25, 0.3) is 0 Å². The van der Waals surface area contributed by atoms with Crippen molar-refractivity contribution < 1.29 is 0 Å². The van der Waals surface area contributed by atoms with Gasteiger partial charge in [0.15, 0.2) is 5.69 Å². The summed E-state index contributed by atoms with van der Waals surface area (Å²) in [6.45, 7) is 0. The van der Waals surface area contributed by atoms with E-state index in [-0.39, 0.29) is 0 Å². The van der Waals surface area contributed by atoms with Crippen molar-refractivity contribution >= 4 is 28.6 Å². The van der Waals surface area contributed by atoms with Crippen molar-refractivity contribution in [2.75, 3.05) is 19.0 Å². The van der Waals surface area contributed by atoms with E-state index in [2.05, 4.69) is 4.98 Å². The number of aromatic nitrogens is 1. The van der Waals surface area contributed by atoms with Crippen LogP contribution in [0.3, 0.4) is 0 Å². The molecule has 1 aromatic heterocycles. The minimum atomic E-state index is 0.295. The second kappa shape index (κ2) is 4.74. The van der Waals surface area contributed by atoms with Crippen LogP contribution in [0.4, 0.5) is 5.69 Å². The highest BCUT2D eigenvalue weighted by molar-refractivity contribution is 7.19. The summed E-state index contributed by atoms with van der Waals surface area (Å²) in [4.78, 5) is 6.21. The first-order chi connectivity index (χ1) is 8.11. The Morgan fingerprint density at radius 2 is 1.94 bits per heavy atom. The highest BCUT2D eigenvalue weighted by Gasteiger charge is 2.10. The van der Waals surface area contributed by atoms with Crippen LogP contribution in [-0.4, -0.2) is 19.1 Å². The number of nitrogens with zero attached hydrogens (tertiary/aromatic N) is 3. The van der Waals surface area contributed by atoms with E-state index in [1.807, 2.05) is 49.3 Å². The molecule has 0 aliphatic carbocycles. The summed E-state index contributed by atoms with van der Waals surface area (Å²) >= 11 is 7.23. The zero-order chi connectivity index (χ0) is 12.4. The van der Waals surface area contributed by atoms with E-state index < -0.39 is 0 Å². The molecule has 17 heavy (non-hydrogen) atoms. The van der Waals surface area contributed by atoms with Crippen LogP contribution in [0.15, 0.2) is 24.3 Å². The summed E-state index contributed by atoms with van der Waals surface area (Å²) < 4.78 is 0.444. The Bertz CT molecular complexity index is 566. The molecule has 0 bridgehead atoms. The molecule has 2 rings (SSSR count). The smallest absolute Gasteiger partial charge is 0.170 e. The normalized spacial score (nSPS) is 10.0. The number of halogens is 1. The summed E-state index contributed by atoms with van der Waals surface area (Å²) in [5.41, 5.74) is 2.39. The largest absolute Gasteiger partial charge is 0.378 e. The van der Waals surface area contributed by atoms with Gasteiger partial charge in [-0.05, 0) is 24.3 Å². The van der Waals surface area contributed by atoms with Crippen LogP contribution < -0.4 is 4.90 Å². The molecule has 0 saturated heterocycles. The fraction of sp³-hybridized carbons (Fsp3) is 0.167. The van der Waals surface area contributed by atoms with Crippen molar-refractivity contribution in [3.8, 4) is 16.6 Å². The molecule has 0 N–H and O–H groups in total. The average Bonchev–Trinajstić information content (AvgIpc) is 2.70. The number of nitriles is 1. The lowest BCUT2D eigenvalue weighted by Crippen LogP contribution is -2.07. The second-order valence-electron chi connectivity index (χ2n) is 3.69. The van der Waals surface area contributed by atoms with Gasteiger partial charge in [-0.1, -0.05) is 11.6 Å². The Morgan fingerprint density at radius 3 is 2.41 bits per heavy atom.